The van der Waals surface area contributed by atoms with Gasteiger partial charge in [-0.15, -0.1) is 0 Å². The molecule has 2 heterocycles. The molecule has 0 aliphatic rings. The molecule has 0 saturated carbocycles. The molecular formula is C13H12N4O3. The molecule has 0 spiro atoms. The average molecular weight is 272 g/mol. The first-order valence-electron chi connectivity index (χ1n) is 6.14. The number of H-pyrrole nitrogens is 2. The number of benzene rings is 1. The van der Waals surface area contributed by atoms with Gasteiger partial charge in [0, 0.05) is 11.5 Å². The van der Waals surface area contributed by atoms with Gasteiger partial charge in [0.25, 0.3) is 5.56 Å². The van der Waals surface area contributed by atoms with Crippen LogP contribution in [-0.4, -0.2) is 26.5 Å². The molecule has 0 amide bonds. The Bertz CT molecular complexity index is 911. The van der Waals surface area contributed by atoms with Crippen LogP contribution in [0.1, 0.15) is 13.8 Å². The summed E-state index contributed by atoms with van der Waals surface area (Å²) in [6.45, 7) is 3.80. The fraction of sp³-hybridized carbons (Fsp3) is 0.231. The number of hydrogen-bond acceptors (Lipinski definition) is 5. The van der Waals surface area contributed by atoms with Crippen molar-refractivity contribution in [3.8, 4) is 5.75 Å². The number of nitrogens with one attached hydrogen (secondary N) is 2. The van der Waals surface area contributed by atoms with Crippen molar-refractivity contribution >= 4 is 21.9 Å². The number of ether oxygens (including phenoxy) is 1. The number of nitrogens with zero attached hydrogens (tertiary/aromatic N) is 2. The van der Waals surface area contributed by atoms with Crippen LogP contribution in [0.3, 0.4) is 0 Å². The van der Waals surface area contributed by atoms with Crippen LogP contribution in [-0.2, 0) is 0 Å². The Balaban J connectivity index is 2.40. The molecule has 20 heavy (non-hydrogen) atoms. The van der Waals surface area contributed by atoms with Crippen LogP contribution in [0, 0.1) is 0 Å². The lowest BCUT2D eigenvalue weighted by atomic mass is 10.2. The van der Waals surface area contributed by atoms with E-state index in [-0.39, 0.29) is 22.6 Å². The van der Waals surface area contributed by atoms with E-state index in [1.165, 1.54) is 0 Å². The normalized spacial score (nSPS) is 11.3. The first-order valence-corrected chi connectivity index (χ1v) is 6.14. The molecule has 0 aliphatic heterocycles. The summed E-state index contributed by atoms with van der Waals surface area (Å²) in [4.78, 5) is 26.9. The highest BCUT2D eigenvalue weighted by atomic mass is 16.5. The quantitative estimate of drug-likeness (QED) is 0.723. The summed E-state index contributed by atoms with van der Waals surface area (Å²) in [5, 5.41) is 10.1. The summed E-state index contributed by atoms with van der Waals surface area (Å²) in [6, 6.07) is 4.92. The predicted molar refractivity (Wildman–Crippen MR) is 74.0 cm³/mol. The number of fused-ring (bicyclic) bond motifs is 2. The highest BCUT2D eigenvalue weighted by Crippen LogP contribution is 2.17. The SMILES string of the molecule is CC(C)Oc1ccc2c(=O)c3n[nH]nc3c(=O)[nH]c2c1. The van der Waals surface area contributed by atoms with Gasteiger partial charge in [-0.25, -0.2) is 0 Å². The van der Waals surface area contributed by atoms with Gasteiger partial charge in [-0.05, 0) is 26.0 Å². The molecular weight excluding hydrogens is 260 g/mol. The van der Waals surface area contributed by atoms with Crippen LogP contribution >= 0.6 is 0 Å². The van der Waals surface area contributed by atoms with Gasteiger partial charge in [0.15, 0.2) is 11.0 Å². The molecule has 7 nitrogen and oxygen atoms in total. The zero-order valence-corrected chi connectivity index (χ0v) is 10.9. The largest absolute Gasteiger partial charge is 0.491 e. The van der Waals surface area contributed by atoms with Crippen LogP contribution in [0.5, 0.6) is 5.75 Å². The second-order valence-electron chi connectivity index (χ2n) is 4.68. The molecule has 1 aromatic carbocycles. The Morgan fingerprint density at radius 3 is 2.65 bits per heavy atom. The summed E-state index contributed by atoms with van der Waals surface area (Å²) in [7, 11) is 0. The van der Waals surface area contributed by atoms with E-state index in [4.69, 9.17) is 4.74 Å². The third kappa shape index (κ3) is 1.93. The molecule has 0 radical (unpaired) electrons. The van der Waals surface area contributed by atoms with E-state index in [2.05, 4.69) is 20.4 Å². The van der Waals surface area contributed by atoms with E-state index in [9.17, 15) is 9.59 Å². The molecule has 2 aromatic heterocycles. The van der Waals surface area contributed by atoms with E-state index in [0.717, 1.165) is 0 Å². The lowest BCUT2D eigenvalue weighted by molar-refractivity contribution is 0.242. The second kappa shape index (κ2) is 4.44. The maximum absolute atomic E-state index is 12.3. The monoisotopic (exact) mass is 272 g/mol. The highest BCUT2D eigenvalue weighted by molar-refractivity contribution is 5.87. The summed E-state index contributed by atoms with van der Waals surface area (Å²) in [6.07, 6.45) is 0.00237. The van der Waals surface area contributed by atoms with Gasteiger partial charge in [0.05, 0.1) is 11.6 Å². The molecule has 0 aliphatic carbocycles. The van der Waals surface area contributed by atoms with E-state index in [1.54, 1.807) is 18.2 Å². The van der Waals surface area contributed by atoms with Crippen LogP contribution in [0.2, 0.25) is 0 Å². The maximum Gasteiger partial charge on any atom is 0.278 e. The van der Waals surface area contributed by atoms with Gasteiger partial charge in [-0.2, -0.15) is 15.4 Å². The summed E-state index contributed by atoms with van der Waals surface area (Å²) < 4.78 is 5.55. The van der Waals surface area contributed by atoms with Crippen LogP contribution in [0.4, 0.5) is 0 Å². The zero-order valence-electron chi connectivity index (χ0n) is 10.9. The molecule has 0 unspecified atom stereocenters. The van der Waals surface area contributed by atoms with Gasteiger partial charge in [-0.1, -0.05) is 0 Å². The molecule has 0 saturated heterocycles. The van der Waals surface area contributed by atoms with Gasteiger partial charge in [0.2, 0.25) is 5.43 Å². The molecule has 0 bridgehead atoms. The molecule has 3 aromatic rings. The smallest absolute Gasteiger partial charge is 0.278 e. The summed E-state index contributed by atoms with van der Waals surface area (Å²) >= 11 is 0. The zero-order chi connectivity index (χ0) is 14.3. The molecule has 2 N–H and O–H groups in total. The van der Waals surface area contributed by atoms with E-state index in [1.807, 2.05) is 13.8 Å². The molecule has 102 valence electrons. The van der Waals surface area contributed by atoms with E-state index in [0.29, 0.717) is 16.7 Å². The standard InChI is InChI=1S/C13H12N4O3/c1-6(2)20-7-3-4-8-9(5-7)14-13(19)11-10(12(8)18)15-17-16-11/h3-6H,1-2H3,(H,14,19)(H,15,16,17). The van der Waals surface area contributed by atoms with Gasteiger partial charge in [-0.3, -0.25) is 9.59 Å². The van der Waals surface area contributed by atoms with Gasteiger partial charge in [0.1, 0.15) is 5.75 Å². The van der Waals surface area contributed by atoms with Crippen molar-refractivity contribution < 1.29 is 4.74 Å². The number of hydrogen-bond donors (Lipinski definition) is 2. The predicted octanol–water partition coefficient (Wildman–Crippen LogP) is 0.947. The van der Waals surface area contributed by atoms with E-state index >= 15 is 0 Å². The van der Waals surface area contributed by atoms with Crippen molar-refractivity contribution in [2.24, 2.45) is 0 Å². The third-order valence-corrected chi connectivity index (χ3v) is 2.83. The average Bonchev–Trinajstić information content (AvgIpc) is 2.83. The molecule has 0 atom stereocenters. The number of rotatable bonds is 2. The molecule has 3 rings (SSSR count). The minimum atomic E-state index is -0.470. The molecule has 0 fully saturated rings. The lowest BCUT2D eigenvalue weighted by Gasteiger charge is -2.09. The topological polar surface area (TPSA) is 101 Å². The summed E-state index contributed by atoms with van der Waals surface area (Å²) in [5.74, 6) is 0.584. The third-order valence-electron chi connectivity index (χ3n) is 2.83. The minimum absolute atomic E-state index is 0.00229. The van der Waals surface area contributed by atoms with Crippen molar-refractivity contribution in [2.45, 2.75) is 20.0 Å². The second-order valence-corrected chi connectivity index (χ2v) is 4.68. The number of aromatic amines is 2. The van der Waals surface area contributed by atoms with Crippen molar-refractivity contribution in [1.29, 1.82) is 0 Å². The Morgan fingerprint density at radius 2 is 1.90 bits per heavy atom. The van der Waals surface area contributed by atoms with Crippen molar-refractivity contribution in [1.82, 2.24) is 20.4 Å². The first kappa shape index (κ1) is 12.3. The summed E-state index contributed by atoms with van der Waals surface area (Å²) in [5.41, 5.74) is -0.394. The van der Waals surface area contributed by atoms with Crippen LogP contribution < -0.4 is 15.7 Å². The minimum Gasteiger partial charge on any atom is -0.491 e. The van der Waals surface area contributed by atoms with Crippen LogP contribution in [0.25, 0.3) is 21.9 Å². The van der Waals surface area contributed by atoms with Gasteiger partial charge >= 0.3 is 0 Å². The number of aromatic nitrogens is 4. The lowest BCUT2D eigenvalue weighted by Crippen LogP contribution is -2.06. The maximum atomic E-state index is 12.3. The van der Waals surface area contributed by atoms with E-state index < -0.39 is 5.56 Å². The Labute approximate surface area is 112 Å². The van der Waals surface area contributed by atoms with Crippen molar-refractivity contribution in [3.05, 3.63) is 38.8 Å². The fourth-order valence-electron chi connectivity index (χ4n) is 2.03. The van der Waals surface area contributed by atoms with Crippen molar-refractivity contribution in [2.75, 3.05) is 0 Å². The highest BCUT2D eigenvalue weighted by Gasteiger charge is 2.10. The Morgan fingerprint density at radius 1 is 1.15 bits per heavy atom. The van der Waals surface area contributed by atoms with Gasteiger partial charge < -0.3 is 9.72 Å². The fourth-order valence-corrected chi connectivity index (χ4v) is 2.03. The van der Waals surface area contributed by atoms with Crippen molar-refractivity contribution in [3.63, 3.8) is 0 Å². The van der Waals surface area contributed by atoms with Crippen LogP contribution in [0.15, 0.2) is 27.8 Å². The Hall–Kier alpha value is -2.70. The Kier molecular flexibility index (Phi) is 2.74. The first-order chi connectivity index (χ1) is 9.56. The molecule has 7 heteroatoms.